The molecule has 2 aliphatic rings. The SMILES string of the molecule is CN1C2CCC1C(C(=O)Nc1ccccc1O)C(c1ccc(Cl)cc1)C2. The number of carbonyl (C=O) groups excluding carboxylic acids is 1. The Hall–Kier alpha value is -2.04. The summed E-state index contributed by atoms with van der Waals surface area (Å²) in [6.45, 7) is 0. The number of nitrogens with zero attached hydrogens (tertiary/aromatic N) is 1. The Morgan fingerprint density at radius 2 is 1.88 bits per heavy atom. The highest BCUT2D eigenvalue weighted by atomic mass is 35.5. The molecule has 4 atom stereocenters. The molecule has 0 aromatic heterocycles. The average molecular weight is 371 g/mol. The number of aromatic hydroxyl groups is 1. The molecule has 2 aliphatic heterocycles. The number of phenolic OH excluding ortho intramolecular Hbond substituents is 1. The second-order valence-electron chi connectivity index (χ2n) is 7.39. The molecule has 0 aliphatic carbocycles. The maximum absolute atomic E-state index is 13.2. The molecule has 4 rings (SSSR count). The number of nitrogens with one attached hydrogen (secondary N) is 1. The molecule has 2 aromatic carbocycles. The van der Waals surface area contributed by atoms with Crippen LogP contribution in [0.1, 0.15) is 30.7 Å². The van der Waals surface area contributed by atoms with Crippen molar-refractivity contribution in [2.24, 2.45) is 5.92 Å². The third-order valence-electron chi connectivity index (χ3n) is 6.03. The van der Waals surface area contributed by atoms with E-state index in [2.05, 4.69) is 17.3 Å². The fourth-order valence-electron chi connectivity index (χ4n) is 4.67. The summed E-state index contributed by atoms with van der Waals surface area (Å²) in [7, 11) is 2.13. The second-order valence-corrected chi connectivity index (χ2v) is 7.83. The van der Waals surface area contributed by atoms with Crippen molar-refractivity contribution in [3.8, 4) is 5.75 Å². The van der Waals surface area contributed by atoms with Gasteiger partial charge >= 0.3 is 0 Å². The van der Waals surface area contributed by atoms with E-state index in [1.807, 2.05) is 30.3 Å². The Balaban J connectivity index is 1.65. The molecule has 4 nitrogen and oxygen atoms in total. The number of piperidine rings is 1. The van der Waals surface area contributed by atoms with Crippen LogP contribution in [0.2, 0.25) is 5.02 Å². The van der Waals surface area contributed by atoms with Crippen LogP contribution in [0.15, 0.2) is 48.5 Å². The first-order chi connectivity index (χ1) is 12.5. The van der Waals surface area contributed by atoms with Crippen LogP contribution < -0.4 is 5.32 Å². The van der Waals surface area contributed by atoms with Gasteiger partial charge in [0.15, 0.2) is 0 Å². The maximum atomic E-state index is 13.2. The van der Waals surface area contributed by atoms with E-state index in [0.29, 0.717) is 16.8 Å². The molecule has 0 spiro atoms. The molecule has 136 valence electrons. The van der Waals surface area contributed by atoms with Gasteiger partial charge < -0.3 is 10.4 Å². The standard InChI is InChI=1S/C21H23ClN2O2/c1-24-15-10-11-18(24)20(16(12-15)13-6-8-14(22)9-7-13)21(26)23-17-4-2-3-5-19(17)25/h2-9,15-16,18,20,25H,10-12H2,1H3,(H,23,26). The van der Waals surface area contributed by atoms with Gasteiger partial charge in [-0.2, -0.15) is 0 Å². The number of halogens is 1. The van der Waals surface area contributed by atoms with E-state index in [4.69, 9.17) is 11.6 Å². The Morgan fingerprint density at radius 1 is 1.15 bits per heavy atom. The molecule has 0 radical (unpaired) electrons. The van der Waals surface area contributed by atoms with Crippen molar-refractivity contribution < 1.29 is 9.90 Å². The summed E-state index contributed by atoms with van der Waals surface area (Å²) in [4.78, 5) is 15.6. The minimum atomic E-state index is -0.153. The quantitative estimate of drug-likeness (QED) is 0.794. The lowest BCUT2D eigenvalue weighted by atomic mass is 9.75. The highest BCUT2D eigenvalue weighted by molar-refractivity contribution is 6.30. The highest BCUT2D eigenvalue weighted by Gasteiger charge is 2.49. The Morgan fingerprint density at radius 3 is 2.62 bits per heavy atom. The summed E-state index contributed by atoms with van der Waals surface area (Å²) in [5.41, 5.74) is 1.63. The normalized spacial score (nSPS) is 28.1. The zero-order valence-corrected chi connectivity index (χ0v) is 15.5. The Bertz CT molecular complexity index is 808. The van der Waals surface area contributed by atoms with Gasteiger partial charge in [0.1, 0.15) is 5.75 Å². The lowest BCUT2D eigenvalue weighted by Crippen LogP contribution is -2.50. The topological polar surface area (TPSA) is 52.6 Å². The van der Waals surface area contributed by atoms with Crippen molar-refractivity contribution >= 4 is 23.2 Å². The number of benzene rings is 2. The summed E-state index contributed by atoms with van der Waals surface area (Å²) < 4.78 is 0. The van der Waals surface area contributed by atoms with E-state index in [1.54, 1.807) is 18.2 Å². The van der Waals surface area contributed by atoms with Gasteiger partial charge in [0.05, 0.1) is 11.6 Å². The first kappa shape index (κ1) is 17.4. The van der Waals surface area contributed by atoms with Crippen molar-refractivity contribution in [1.82, 2.24) is 4.90 Å². The number of rotatable bonds is 3. The largest absolute Gasteiger partial charge is 0.506 e. The predicted octanol–water partition coefficient (Wildman–Crippen LogP) is 4.25. The Labute approximate surface area is 158 Å². The molecule has 0 saturated carbocycles. The van der Waals surface area contributed by atoms with Gasteiger partial charge in [-0.15, -0.1) is 0 Å². The third-order valence-corrected chi connectivity index (χ3v) is 6.28. The zero-order chi connectivity index (χ0) is 18.3. The van der Waals surface area contributed by atoms with Crippen molar-refractivity contribution in [3.05, 3.63) is 59.1 Å². The van der Waals surface area contributed by atoms with Crippen molar-refractivity contribution in [2.75, 3.05) is 12.4 Å². The van der Waals surface area contributed by atoms with Crippen LogP contribution in [0.3, 0.4) is 0 Å². The van der Waals surface area contributed by atoms with Crippen LogP contribution in [0.25, 0.3) is 0 Å². The summed E-state index contributed by atoms with van der Waals surface area (Å²) in [6, 6.07) is 15.5. The predicted molar refractivity (Wildman–Crippen MR) is 104 cm³/mol. The molecule has 4 unspecified atom stereocenters. The lowest BCUT2D eigenvalue weighted by molar-refractivity contribution is -0.124. The first-order valence-electron chi connectivity index (χ1n) is 9.11. The number of phenols is 1. The third kappa shape index (κ3) is 3.08. The summed E-state index contributed by atoms with van der Waals surface area (Å²) in [5.74, 6) is 0.0763. The molecule has 2 fully saturated rings. The highest BCUT2D eigenvalue weighted by Crippen LogP contribution is 2.46. The second kappa shape index (κ2) is 6.93. The number of para-hydroxylation sites is 2. The summed E-state index contributed by atoms with van der Waals surface area (Å²) in [6.07, 6.45) is 3.13. The van der Waals surface area contributed by atoms with E-state index in [1.165, 1.54) is 0 Å². The average Bonchev–Trinajstić information content (AvgIpc) is 2.87. The van der Waals surface area contributed by atoms with E-state index in [0.717, 1.165) is 24.8 Å². The molecule has 2 heterocycles. The van der Waals surface area contributed by atoms with Crippen molar-refractivity contribution in [2.45, 2.75) is 37.3 Å². The van der Waals surface area contributed by atoms with Gasteiger partial charge in [-0.05, 0) is 62.1 Å². The molecule has 2 saturated heterocycles. The number of hydrogen-bond acceptors (Lipinski definition) is 3. The molecule has 2 N–H and O–H groups in total. The lowest BCUT2D eigenvalue weighted by Gasteiger charge is -2.42. The minimum Gasteiger partial charge on any atom is -0.506 e. The fourth-order valence-corrected chi connectivity index (χ4v) is 4.80. The van der Waals surface area contributed by atoms with Crippen LogP contribution in [0, 0.1) is 5.92 Å². The molecule has 26 heavy (non-hydrogen) atoms. The smallest absolute Gasteiger partial charge is 0.229 e. The van der Waals surface area contributed by atoms with Crippen molar-refractivity contribution in [1.29, 1.82) is 0 Å². The van der Waals surface area contributed by atoms with Gasteiger partial charge in [0.2, 0.25) is 5.91 Å². The first-order valence-corrected chi connectivity index (χ1v) is 9.48. The number of hydrogen-bond donors (Lipinski definition) is 2. The van der Waals surface area contributed by atoms with Crippen LogP contribution >= 0.6 is 11.6 Å². The van der Waals surface area contributed by atoms with Crippen LogP contribution in [0.5, 0.6) is 5.75 Å². The van der Waals surface area contributed by atoms with Gasteiger partial charge in [-0.3, -0.25) is 9.69 Å². The van der Waals surface area contributed by atoms with E-state index >= 15 is 0 Å². The van der Waals surface area contributed by atoms with E-state index in [-0.39, 0.29) is 29.5 Å². The minimum absolute atomic E-state index is 0.0244. The molecule has 5 heteroatoms. The molecule has 2 aromatic rings. The zero-order valence-electron chi connectivity index (χ0n) is 14.7. The monoisotopic (exact) mass is 370 g/mol. The van der Waals surface area contributed by atoms with Crippen LogP contribution in [-0.2, 0) is 4.79 Å². The number of carbonyl (C=O) groups is 1. The summed E-state index contributed by atoms with van der Waals surface area (Å²) in [5, 5.41) is 13.7. The number of amides is 1. The van der Waals surface area contributed by atoms with E-state index < -0.39 is 0 Å². The maximum Gasteiger partial charge on any atom is 0.229 e. The number of anilines is 1. The summed E-state index contributed by atoms with van der Waals surface area (Å²) >= 11 is 6.05. The van der Waals surface area contributed by atoms with Gasteiger partial charge in [-0.25, -0.2) is 0 Å². The molecule has 1 amide bonds. The molecular formula is C21H23ClN2O2. The number of fused-ring (bicyclic) bond motifs is 2. The Kier molecular flexibility index (Phi) is 4.63. The van der Waals surface area contributed by atoms with Crippen LogP contribution in [0.4, 0.5) is 5.69 Å². The molecule has 2 bridgehead atoms. The van der Waals surface area contributed by atoms with Crippen molar-refractivity contribution in [3.63, 3.8) is 0 Å². The van der Waals surface area contributed by atoms with E-state index in [9.17, 15) is 9.90 Å². The van der Waals surface area contributed by atoms with Crippen LogP contribution in [-0.4, -0.2) is 35.0 Å². The van der Waals surface area contributed by atoms with Gasteiger partial charge in [0, 0.05) is 17.1 Å². The molecular weight excluding hydrogens is 348 g/mol. The fraction of sp³-hybridized carbons (Fsp3) is 0.381. The van der Waals surface area contributed by atoms with Gasteiger partial charge in [0.25, 0.3) is 0 Å². The van der Waals surface area contributed by atoms with Gasteiger partial charge in [-0.1, -0.05) is 35.9 Å².